The Balaban J connectivity index is 2.23. The Labute approximate surface area is 120 Å². The third kappa shape index (κ3) is 3.15. The predicted octanol–water partition coefficient (Wildman–Crippen LogP) is 3.85. The molecule has 0 aromatic heterocycles. The summed E-state index contributed by atoms with van der Waals surface area (Å²) in [6, 6.07) is 12.5. The summed E-state index contributed by atoms with van der Waals surface area (Å²) in [5.41, 5.74) is 2.96. The lowest BCUT2D eigenvalue weighted by Gasteiger charge is -2.09. The number of alkyl halides is 1. The van der Waals surface area contributed by atoms with E-state index in [4.69, 9.17) is 0 Å². The predicted molar refractivity (Wildman–Crippen MR) is 79.9 cm³/mol. The van der Waals surface area contributed by atoms with Crippen LogP contribution >= 0.6 is 15.9 Å². The van der Waals surface area contributed by atoms with Crippen LogP contribution in [0.15, 0.2) is 42.5 Å². The van der Waals surface area contributed by atoms with Gasteiger partial charge in [-0.05, 0) is 36.2 Å². The second-order valence-corrected chi connectivity index (χ2v) is 4.81. The third-order valence-corrected chi connectivity index (χ3v) is 3.48. The van der Waals surface area contributed by atoms with Crippen LogP contribution < -0.4 is 5.32 Å². The van der Waals surface area contributed by atoms with Crippen molar-refractivity contribution in [3.05, 3.63) is 59.2 Å². The van der Waals surface area contributed by atoms with Crippen molar-refractivity contribution in [3.8, 4) is 5.75 Å². The number of phenols is 1. The summed E-state index contributed by atoms with van der Waals surface area (Å²) in [5, 5.41) is 13.1. The Kier molecular flexibility index (Phi) is 4.22. The SMILES string of the molecule is Cc1ccc(C(=O)Nc2ccccc2CBr)cc1O. The first kappa shape index (κ1) is 13.6. The van der Waals surface area contributed by atoms with Crippen LogP contribution in [0.5, 0.6) is 5.75 Å². The van der Waals surface area contributed by atoms with Crippen molar-refractivity contribution >= 4 is 27.5 Å². The maximum absolute atomic E-state index is 12.1. The van der Waals surface area contributed by atoms with Gasteiger partial charge in [0.1, 0.15) is 5.75 Å². The van der Waals surface area contributed by atoms with Gasteiger partial charge in [0.2, 0.25) is 0 Å². The van der Waals surface area contributed by atoms with Gasteiger partial charge >= 0.3 is 0 Å². The smallest absolute Gasteiger partial charge is 0.255 e. The molecule has 0 spiro atoms. The van der Waals surface area contributed by atoms with Gasteiger partial charge in [0.15, 0.2) is 0 Å². The average molecular weight is 320 g/mol. The quantitative estimate of drug-likeness (QED) is 0.844. The molecule has 0 aliphatic heterocycles. The van der Waals surface area contributed by atoms with Crippen molar-refractivity contribution < 1.29 is 9.90 Å². The number of benzene rings is 2. The van der Waals surface area contributed by atoms with Crippen LogP contribution in [0.25, 0.3) is 0 Å². The number of anilines is 1. The van der Waals surface area contributed by atoms with E-state index in [0.717, 1.165) is 16.8 Å². The van der Waals surface area contributed by atoms with Gasteiger partial charge in [0, 0.05) is 16.6 Å². The largest absolute Gasteiger partial charge is 0.508 e. The van der Waals surface area contributed by atoms with Crippen LogP contribution in [-0.4, -0.2) is 11.0 Å². The van der Waals surface area contributed by atoms with Crippen molar-refractivity contribution in [2.75, 3.05) is 5.32 Å². The lowest BCUT2D eigenvalue weighted by atomic mass is 10.1. The number of hydrogen-bond acceptors (Lipinski definition) is 2. The minimum absolute atomic E-state index is 0.126. The fourth-order valence-corrected chi connectivity index (χ4v) is 2.19. The highest BCUT2D eigenvalue weighted by Crippen LogP contribution is 2.21. The van der Waals surface area contributed by atoms with Gasteiger partial charge in [-0.3, -0.25) is 4.79 Å². The van der Waals surface area contributed by atoms with Gasteiger partial charge in [0.25, 0.3) is 5.91 Å². The molecule has 3 nitrogen and oxygen atoms in total. The summed E-state index contributed by atoms with van der Waals surface area (Å²) < 4.78 is 0. The molecule has 98 valence electrons. The van der Waals surface area contributed by atoms with Crippen molar-refractivity contribution in [1.82, 2.24) is 0 Å². The minimum Gasteiger partial charge on any atom is -0.508 e. The zero-order valence-electron chi connectivity index (χ0n) is 10.5. The molecule has 2 aromatic carbocycles. The highest BCUT2D eigenvalue weighted by atomic mass is 79.9. The molecule has 0 bridgehead atoms. The van der Waals surface area contributed by atoms with E-state index >= 15 is 0 Å². The molecule has 0 unspecified atom stereocenters. The molecule has 1 amide bonds. The number of nitrogens with one attached hydrogen (secondary N) is 1. The molecule has 2 aromatic rings. The summed E-state index contributed by atoms with van der Waals surface area (Å²) in [4.78, 5) is 12.1. The number of hydrogen-bond donors (Lipinski definition) is 2. The average Bonchev–Trinajstić information content (AvgIpc) is 2.42. The number of amides is 1. The van der Waals surface area contributed by atoms with E-state index in [0.29, 0.717) is 10.9 Å². The second kappa shape index (κ2) is 5.89. The Bertz CT molecular complexity index is 611. The van der Waals surface area contributed by atoms with E-state index in [1.54, 1.807) is 19.1 Å². The first-order valence-corrected chi connectivity index (χ1v) is 6.99. The Morgan fingerprint density at radius 3 is 2.68 bits per heavy atom. The van der Waals surface area contributed by atoms with E-state index in [-0.39, 0.29) is 11.7 Å². The van der Waals surface area contributed by atoms with Gasteiger partial charge in [-0.25, -0.2) is 0 Å². The van der Waals surface area contributed by atoms with Crippen LogP contribution in [0.3, 0.4) is 0 Å². The molecule has 0 atom stereocenters. The molecule has 0 aliphatic rings. The van der Waals surface area contributed by atoms with Crippen LogP contribution in [0.1, 0.15) is 21.5 Å². The number of para-hydroxylation sites is 1. The van der Waals surface area contributed by atoms with Gasteiger partial charge in [-0.2, -0.15) is 0 Å². The number of aromatic hydroxyl groups is 1. The molecule has 0 radical (unpaired) electrons. The number of rotatable bonds is 3. The topological polar surface area (TPSA) is 49.3 Å². The molecule has 0 fully saturated rings. The zero-order chi connectivity index (χ0) is 13.8. The number of aryl methyl sites for hydroxylation is 1. The summed E-state index contributed by atoms with van der Waals surface area (Å²) in [6.45, 7) is 1.79. The lowest BCUT2D eigenvalue weighted by molar-refractivity contribution is 0.102. The Morgan fingerprint density at radius 2 is 2.00 bits per heavy atom. The highest BCUT2D eigenvalue weighted by molar-refractivity contribution is 9.08. The molecular formula is C15H14BrNO2. The zero-order valence-corrected chi connectivity index (χ0v) is 12.1. The molecule has 19 heavy (non-hydrogen) atoms. The van der Waals surface area contributed by atoms with Gasteiger partial charge in [-0.1, -0.05) is 40.2 Å². The highest BCUT2D eigenvalue weighted by Gasteiger charge is 2.09. The van der Waals surface area contributed by atoms with Crippen LogP contribution in [0, 0.1) is 6.92 Å². The van der Waals surface area contributed by atoms with Crippen molar-refractivity contribution in [2.24, 2.45) is 0 Å². The van der Waals surface area contributed by atoms with E-state index in [9.17, 15) is 9.90 Å². The fraction of sp³-hybridized carbons (Fsp3) is 0.133. The number of carbonyl (C=O) groups is 1. The van der Waals surface area contributed by atoms with E-state index in [1.165, 1.54) is 6.07 Å². The van der Waals surface area contributed by atoms with E-state index < -0.39 is 0 Å². The molecule has 0 saturated heterocycles. The van der Waals surface area contributed by atoms with Crippen LogP contribution in [0.2, 0.25) is 0 Å². The molecule has 4 heteroatoms. The van der Waals surface area contributed by atoms with E-state index in [1.807, 2.05) is 24.3 Å². The molecule has 0 saturated carbocycles. The van der Waals surface area contributed by atoms with Crippen LogP contribution in [0.4, 0.5) is 5.69 Å². The van der Waals surface area contributed by atoms with E-state index in [2.05, 4.69) is 21.2 Å². The standard InChI is InChI=1S/C15H14BrNO2/c1-10-6-7-11(8-14(10)18)15(19)17-13-5-3-2-4-12(13)9-16/h2-8,18H,9H2,1H3,(H,17,19). The number of phenolic OH excluding ortho intramolecular Hbond substituents is 1. The second-order valence-electron chi connectivity index (χ2n) is 4.25. The maximum atomic E-state index is 12.1. The number of carbonyl (C=O) groups excluding carboxylic acids is 1. The summed E-state index contributed by atoms with van der Waals surface area (Å²) in [5.74, 6) is -0.106. The maximum Gasteiger partial charge on any atom is 0.255 e. The van der Waals surface area contributed by atoms with Crippen molar-refractivity contribution in [1.29, 1.82) is 0 Å². The van der Waals surface area contributed by atoms with Gasteiger partial charge in [0.05, 0.1) is 0 Å². The van der Waals surface area contributed by atoms with Crippen molar-refractivity contribution in [2.45, 2.75) is 12.3 Å². The minimum atomic E-state index is -0.233. The normalized spacial score (nSPS) is 10.2. The number of halogens is 1. The van der Waals surface area contributed by atoms with Crippen LogP contribution in [-0.2, 0) is 5.33 Å². The summed E-state index contributed by atoms with van der Waals surface area (Å²) >= 11 is 3.38. The fourth-order valence-electron chi connectivity index (χ4n) is 1.70. The Morgan fingerprint density at radius 1 is 1.26 bits per heavy atom. The Hall–Kier alpha value is -1.81. The molecule has 2 N–H and O–H groups in total. The van der Waals surface area contributed by atoms with Gasteiger partial charge < -0.3 is 10.4 Å². The summed E-state index contributed by atoms with van der Waals surface area (Å²) in [6.07, 6.45) is 0. The third-order valence-electron chi connectivity index (χ3n) is 2.88. The first-order valence-electron chi connectivity index (χ1n) is 5.86. The van der Waals surface area contributed by atoms with Gasteiger partial charge in [-0.15, -0.1) is 0 Å². The lowest BCUT2D eigenvalue weighted by Crippen LogP contribution is -2.13. The summed E-state index contributed by atoms with van der Waals surface area (Å²) in [7, 11) is 0. The molecule has 0 aliphatic carbocycles. The molecular weight excluding hydrogens is 306 g/mol. The van der Waals surface area contributed by atoms with Crippen molar-refractivity contribution in [3.63, 3.8) is 0 Å². The molecule has 0 heterocycles. The first-order chi connectivity index (χ1) is 9.11. The molecule has 2 rings (SSSR count). The monoisotopic (exact) mass is 319 g/mol.